The molecule has 18 heavy (non-hydrogen) atoms. The maximum Gasteiger partial charge on any atom is 0.333 e. The van der Waals surface area contributed by atoms with E-state index in [1.165, 1.54) is 6.07 Å². The van der Waals surface area contributed by atoms with Crippen molar-refractivity contribution < 1.29 is 9.66 Å². The van der Waals surface area contributed by atoms with Gasteiger partial charge in [-0.1, -0.05) is 13.0 Å². The van der Waals surface area contributed by atoms with Gasteiger partial charge in [-0.3, -0.25) is 10.1 Å². The molecule has 0 radical (unpaired) electrons. The van der Waals surface area contributed by atoms with E-state index in [0.717, 1.165) is 31.6 Å². The van der Waals surface area contributed by atoms with Gasteiger partial charge in [0.2, 0.25) is 0 Å². The second kappa shape index (κ2) is 5.25. The van der Waals surface area contributed by atoms with Gasteiger partial charge in [0.1, 0.15) is 5.69 Å². The van der Waals surface area contributed by atoms with Crippen LogP contribution in [0, 0.1) is 16.0 Å². The molecule has 1 aliphatic carbocycles. The van der Waals surface area contributed by atoms with Crippen LogP contribution in [0.15, 0.2) is 18.2 Å². The predicted octanol–water partition coefficient (Wildman–Crippen LogP) is 3.13. The molecule has 2 rings (SSSR count). The highest BCUT2D eigenvalue weighted by atomic mass is 16.6. The van der Waals surface area contributed by atoms with Gasteiger partial charge in [0, 0.05) is 0 Å². The van der Waals surface area contributed by atoms with Crippen LogP contribution in [0.3, 0.4) is 0 Å². The van der Waals surface area contributed by atoms with Crippen molar-refractivity contribution in [1.29, 1.82) is 0 Å². The summed E-state index contributed by atoms with van der Waals surface area (Å²) in [5.74, 6) is 1.01. The molecular weight excluding hydrogens is 232 g/mol. The van der Waals surface area contributed by atoms with E-state index in [1.54, 1.807) is 12.1 Å². The number of rotatable bonds is 3. The molecular formula is C13H18N2O3. The van der Waals surface area contributed by atoms with Crippen LogP contribution in [0.5, 0.6) is 5.75 Å². The van der Waals surface area contributed by atoms with E-state index in [9.17, 15) is 10.1 Å². The van der Waals surface area contributed by atoms with E-state index in [1.807, 2.05) is 0 Å². The quantitative estimate of drug-likeness (QED) is 0.508. The molecule has 5 heteroatoms. The van der Waals surface area contributed by atoms with Crippen LogP contribution in [-0.2, 0) is 0 Å². The lowest BCUT2D eigenvalue weighted by Gasteiger charge is -2.26. The van der Waals surface area contributed by atoms with Crippen molar-refractivity contribution in [2.45, 2.75) is 38.7 Å². The van der Waals surface area contributed by atoms with Gasteiger partial charge in [-0.25, -0.2) is 0 Å². The van der Waals surface area contributed by atoms with Crippen molar-refractivity contribution in [2.75, 3.05) is 5.73 Å². The number of nitro benzene ring substituents is 1. The molecule has 0 unspecified atom stereocenters. The Morgan fingerprint density at radius 1 is 1.33 bits per heavy atom. The fourth-order valence-electron chi connectivity index (χ4n) is 2.36. The number of hydrogen-bond donors (Lipinski definition) is 1. The number of nitro groups is 1. The molecule has 0 saturated heterocycles. The highest BCUT2D eigenvalue weighted by molar-refractivity contribution is 5.65. The maximum absolute atomic E-state index is 11.0. The SMILES string of the molecule is CC1CCC(Oc2cccc(N)c2[N+](=O)[O-])CC1. The molecule has 98 valence electrons. The first kappa shape index (κ1) is 12.7. The topological polar surface area (TPSA) is 78.4 Å². The van der Waals surface area contributed by atoms with Crippen molar-refractivity contribution >= 4 is 11.4 Å². The molecule has 1 aromatic rings. The van der Waals surface area contributed by atoms with Gasteiger partial charge in [0.15, 0.2) is 5.75 Å². The first-order chi connectivity index (χ1) is 8.58. The molecule has 1 aromatic carbocycles. The fourth-order valence-corrected chi connectivity index (χ4v) is 2.36. The van der Waals surface area contributed by atoms with Crippen LogP contribution in [0.25, 0.3) is 0 Å². The van der Waals surface area contributed by atoms with Gasteiger partial charge < -0.3 is 10.5 Å². The van der Waals surface area contributed by atoms with E-state index >= 15 is 0 Å². The van der Waals surface area contributed by atoms with E-state index in [-0.39, 0.29) is 17.5 Å². The van der Waals surface area contributed by atoms with Crippen molar-refractivity contribution in [3.8, 4) is 5.75 Å². The molecule has 0 atom stereocenters. The number of nitrogens with zero attached hydrogens (tertiary/aromatic N) is 1. The molecule has 0 spiro atoms. The lowest BCUT2D eigenvalue weighted by molar-refractivity contribution is -0.385. The Morgan fingerprint density at radius 3 is 2.61 bits per heavy atom. The Hall–Kier alpha value is -1.78. The summed E-state index contributed by atoms with van der Waals surface area (Å²) in [5, 5.41) is 11.0. The molecule has 0 bridgehead atoms. The molecule has 1 fully saturated rings. The van der Waals surface area contributed by atoms with Crippen LogP contribution in [0.4, 0.5) is 11.4 Å². The predicted molar refractivity (Wildman–Crippen MR) is 69.6 cm³/mol. The Bertz CT molecular complexity index is 440. The summed E-state index contributed by atoms with van der Waals surface area (Å²) in [6, 6.07) is 4.82. The van der Waals surface area contributed by atoms with Crippen LogP contribution in [0.1, 0.15) is 32.6 Å². The second-order valence-electron chi connectivity index (χ2n) is 4.95. The molecule has 5 nitrogen and oxygen atoms in total. The Balaban J connectivity index is 2.14. The molecule has 1 saturated carbocycles. The summed E-state index contributed by atoms with van der Waals surface area (Å²) in [6.07, 6.45) is 4.20. The summed E-state index contributed by atoms with van der Waals surface area (Å²) >= 11 is 0. The third kappa shape index (κ3) is 2.72. The molecule has 0 amide bonds. The summed E-state index contributed by atoms with van der Waals surface area (Å²) < 4.78 is 5.76. The third-order valence-corrected chi connectivity index (χ3v) is 3.47. The third-order valence-electron chi connectivity index (χ3n) is 3.47. The van der Waals surface area contributed by atoms with E-state index in [4.69, 9.17) is 10.5 Å². The van der Waals surface area contributed by atoms with Gasteiger partial charge in [-0.05, 0) is 43.7 Å². The smallest absolute Gasteiger partial charge is 0.333 e. The summed E-state index contributed by atoms with van der Waals surface area (Å²) in [4.78, 5) is 10.5. The molecule has 0 aliphatic heterocycles. The average Bonchev–Trinajstić information content (AvgIpc) is 2.32. The van der Waals surface area contributed by atoms with Crippen LogP contribution in [0.2, 0.25) is 0 Å². The lowest BCUT2D eigenvalue weighted by atomic mass is 9.89. The Labute approximate surface area is 106 Å². The second-order valence-corrected chi connectivity index (χ2v) is 4.95. The highest BCUT2D eigenvalue weighted by Gasteiger charge is 2.24. The fraction of sp³-hybridized carbons (Fsp3) is 0.538. The van der Waals surface area contributed by atoms with Crippen LogP contribution < -0.4 is 10.5 Å². The normalized spacial score (nSPS) is 23.6. The number of para-hydroxylation sites is 1. The zero-order valence-corrected chi connectivity index (χ0v) is 10.5. The molecule has 0 aromatic heterocycles. The van der Waals surface area contributed by atoms with Crippen molar-refractivity contribution in [2.24, 2.45) is 5.92 Å². The minimum atomic E-state index is -0.476. The summed E-state index contributed by atoms with van der Waals surface area (Å²) in [5.41, 5.74) is 5.67. The highest BCUT2D eigenvalue weighted by Crippen LogP contribution is 2.35. The number of ether oxygens (including phenoxy) is 1. The maximum atomic E-state index is 11.0. The van der Waals surface area contributed by atoms with Gasteiger partial charge in [-0.2, -0.15) is 0 Å². The van der Waals surface area contributed by atoms with E-state index < -0.39 is 4.92 Å². The monoisotopic (exact) mass is 250 g/mol. The average molecular weight is 250 g/mol. The van der Waals surface area contributed by atoms with Gasteiger partial charge in [0.05, 0.1) is 11.0 Å². The summed E-state index contributed by atoms with van der Waals surface area (Å²) in [7, 11) is 0. The van der Waals surface area contributed by atoms with E-state index in [2.05, 4.69) is 6.92 Å². The summed E-state index contributed by atoms with van der Waals surface area (Å²) in [6.45, 7) is 2.22. The molecule has 0 heterocycles. The van der Waals surface area contributed by atoms with Gasteiger partial charge in [0.25, 0.3) is 0 Å². The van der Waals surface area contributed by atoms with Crippen molar-refractivity contribution in [3.63, 3.8) is 0 Å². The number of nitrogen functional groups attached to an aromatic ring is 1. The standard InChI is InChI=1S/C13H18N2O3/c1-9-5-7-10(8-6-9)18-12-4-2-3-11(14)13(12)15(16)17/h2-4,9-10H,5-8,14H2,1H3. The first-order valence-corrected chi connectivity index (χ1v) is 6.27. The Morgan fingerprint density at radius 2 is 2.00 bits per heavy atom. The van der Waals surface area contributed by atoms with Crippen LogP contribution >= 0.6 is 0 Å². The Kier molecular flexibility index (Phi) is 3.69. The minimum Gasteiger partial charge on any atom is -0.483 e. The van der Waals surface area contributed by atoms with Crippen molar-refractivity contribution in [1.82, 2.24) is 0 Å². The zero-order valence-electron chi connectivity index (χ0n) is 10.5. The first-order valence-electron chi connectivity index (χ1n) is 6.27. The van der Waals surface area contributed by atoms with Crippen molar-refractivity contribution in [3.05, 3.63) is 28.3 Å². The number of benzene rings is 1. The minimum absolute atomic E-state index is 0.0710. The lowest BCUT2D eigenvalue weighted by Crippen LogP contribution is -2.23. The van der Waals surface area contributed by atoms with Crippen LogP contribution in [-0.4, -0.2) is 11.0 Å². The largest absolute Gasteiger partial charge is 0.483 e. The number of nitrogens with two attached hydrogens (primary N) is 1. The molecule has 1 aliphatic rings. The number of anilines is 1. The van der Waals surface area contributed by atoms with Gasteiger partial charge >= 0.3 is 5.69 Å². The number of hydrogen-bond acceptors (Lipinski definition) is 4. The zero-order chi connectivity index (χ0) is 13.1. The molecule has 2 N–H and O–H groups in total. The van der Waals surface area contributed by atoms with Gasteiger partial charge in [-0.15, -0.1) is 0 Å². The van der Waals surface area contributed by atoms with E-state index in [0.29, 0.717) is 5.75 Å².